The summed E-state index contributed by atoms with van der Waals surface area (Å²) in [6.45, 7) is 0.913. The smallest absolute Gasteiger partial charge is 0.130 e. The number of hydrogen-bond donors (Lipinski definition) is 1. The summed E-state index contributed by atoms with van der Waals surface area (Å²) in [6, 6.07) is 3.92. The van der Waals surface area contributed by atoms with Gasteiger partial charge in [0.15, 0.2) is 0 Å². The second-order valence-corrected chi connectivity index (χ2v) is 5.16. The molecule has 0 aromatic heterocycles. The Labute approximate surface area is 106 Å². The maximum atomic E-state index is 13.5. The largest absolute Gasteiger partial charge is 0.393 e. The first-order valence-corrected chi connectivity index (χ1v) is 6.37. The van der Waals surface area contributed by atoms with Crippen LogP contribution < -0.4 is 0 Å². The van der Waals surface area contributed by atoms with Crippen LogP contribution in [0.4, 0.5) is 8.78 Å². The third-order valence-corrected chi connectivity index (χ3v) is 3.65. The number of aliphatic hydroxyl groups is 1. The van der Waals surface area contributed by atoms with Crippen molar-refractivity contribution in [1.82, 2.24) is 4.90 Å². The minimum atomic E-state index is -0.506. The summed E-state index contributed by atoms with van der Waals surface area (Å²) < 4.78 is 27.0. The molecule has 1 aliphatic rings. The van der Waals surface area contributed by atoms with Crippen LogP contribution in [0.15, 0.2) is 18.2 Å². The average molecular weight is 255 g/mol. The van der Waals surface area contributed by atoms with Gasteiger partial charge in [0.25, 0.3) is 0 Å². The lowest BCUT2D eigenvalue weighted by atomic mass is 10.1. The molecule has 0 unspecified atom stereocenters. The molecular weight excluding hydrogens is 236 g/mol. The highest BCUT2D eigenvalue weighted by atomic mass is 19.1. The number of benzene rings is 1. The monoisotopic (exact) mass is 255 g/mol. The van der Waals surface area contributed by atoms with E-state index in [1.807, 2.05) is 11.9 Å². The van der Waals surface area contributed by atoms with Crippen LogP contribution >= 0.6 is 0 Å². The Bertz CT molecular complexity index is 391. The Kier molecular flexibility index (Phi) is 4.30. The Morgan fingerprint density at radius 3 is 2.50 bits per heavy atom. The van der Waals surface area contributed by atoms with Crippen molar-refractivity contribution in [3.8, 4) is 0 Å². The molecule has 1 saturated carbocycles. The van der Waals surface area contributed by atoms with Gasteiger partial charge in [-0.15, -0.1) is 0 Å². The zero-order valence-electron chi connectivity index (χ0n) is 10.6. The van der Waals surface area contributed by atoms with E-state index in [1.54, 1.807) is 0 Å². The second-order valence-electron chi connectivity index (χ2n) is 5.16. The van der Waals surface area contributed by atoms with Gasteiger partial charge in [-0.1, -0.05) is 12.5 Å². The summed E-state index contributed by atoms with van der Waals surface area (Å²) in [5.74, 6) is -0.785. The molecule has 100 valence electrons. The van der Waals surface area contributed by atoms with Crippen molar-refractivity contribution in [2.75, 3.05) is 13.6 Å². The van der Waals surface area contributed by atoms with Crippen LogP contribution in [-0.2, 0) is 6.54 Å². The standard InChI is InChI=1S/C14H19F2NO/c1-17(8-10-4-2-7-14(10)18)9-11-12(15)5-3-6-13(11)16/h3,5-6,10,14,18H,2,4,7-9H2,1H3/t10-,14+/m0/s1. The van der Waals surface area contributed by atoms with E-state index in [4.69, 9.17) is 0 Å². The zero-order valence-corrected chi connectivity index (χ0v) is 10.6. The third-order valence-electron chi connectivity index (χ3n) is 3.65. The summed E-state index contributed by atoms with van der Waals surface area (Å²) in [4.78, 5) is 1.88. The molecule has 4 heteroatoms. The molecule has 1 N–H and O–H groups in total. The first-order chi connectivity index (χ1) is 8.58. The number of nitrogens with zero attached hydrogens (tertiary/aromatic N) is 1. The highest BCUT2D eigenvalue weighted by Crippen LogP contribution is 2.26. The topological polar surface area (TPSA) is 23.5 Å². The van der Waals surface area contributed by atoms with Crippen molar-refractivity contribution >= 4 is 0 Å². The lowest BCUT2D eigenvalue weighted by Gasteiger charge is -2.23. The van der Waals surface area contributed by atoms with Gasteiger partial charge < -0.3 is 10.0 Å². The molecule has 1 aromatic rings. The van der Waals surface area contributed by atoms with Gasteiger partial charge in [-0.05, 0) is 37.9 Å². The van der Waals surface area contributed by atoms with Crippen LogP contribution in [-0.4, -0.2) is 29.7 Å². The molecule has 0 heterocycles. The fraction of sp³-hybridized carbons (Fsp3) is 0.571. The molecule has 0 spiro atoms. The van der Waals surface area contributed by atoms with Gasteiger partial charge in [-0.3, -0.25) is 0 Å². The molecule has 1 aromatic carbocycles. The van der Waals surface area contributed by atoms with Crippen LogP contribution in [0.1, 0.15) is 24.8 Å². The Morgan fingerprint density at radius 1 is 1.28 bits per heavy atom. The van der Waals surface area contributed by atoms with Gasteiger partial charge in [0.05, 0.1) is 6.10 Å². The van der Waals surface area contributed by atoms with Crippen molar-refractivity contribution in [3.63, 3.8) is 0 Å². The van der Waals surface area contributed by atoms with Crippen LogP contribution in [0.2, 0.25) is 0 Å². The van der Waals surface area contributed by atoms with Crippen LogP contribution in [0, 0.1) is 17.6 Å². The maximum absolute atomic E-state index is 13.5. The Hall–Kier alpha value is -1.00. The lowest BCUT2D eigenvalue weighted by molar-refractivity contribution is 0.107. The Morgan fingerprint density at radius 2 is 1.94 bits per heavy atom. The fourth-order valence-electron chi connectivity index (χ4n) is 2.65. The van der Waals surface area contributed by atoms with Gasteiger partial charge in [-0.25, -0.2) is 8.78 Å². The molecule has 0 saturated heterocycles. The van der Waals surface area contributed by atoms with Crippen molar-refractivity contribution < 1.29 is 13.9 Å². The SMILES string of the molecule is CN(Cc1c(F)cccc1F)C[C@@H]1CCC[C@H]1O. The van der Waals surface area contributed by atoms with E-state index in [1.165, 1.54) is 18.2 Å². The van der Waals surface area contributed by atoms with Crippen LogP contribution in [0.25, 0.3) is 0 Å². The van der Waals surface area contributed by atoms with E-state index in [2.05, 4.69) is 0 Å². The number of aliphatic hydroxyl groups excluding tert-OH is 1. The normalized spacial score (nSPS) is 23.8. The molecular formula is C14H19F2NO. The number of hydrogen-bond acceptors (Lipinski definition) is 2. The summed E-state index contributed by atoms with van der Waals surface area (Å²) in [5.41, 5.74) is 0.104. The minimum Gasteiger partial charge on any atom is -0.393 e. The van der Waals surface area contributed by atoms with Gasteiger partial charge >= 0.3 is 0 Å². The van der Waals surface area contributed by atoms with Gasteiger partial charge in [0.2, 0.25) is 0 Å². The van der Waals surface area contributed by atoms with Gasteiger partial charge in [-0.2, -0.15) is 0 Å². The number of rotatable bonds is 4. The molecule has 2 rings (SSSR count). The van der Waals surface area contributed by atoms with E-state index in [-0.39, 0.29) is 24.1 Å². The van der Waals surface area contributed by atoms with Crippen molar-refractivity contribution in [3.05, 3.63) is 35.4 Å². The van der Waals surface area contributed by atoms with Gasteiger partial charge in [0, 0.05) is 18.7 Å². The van der Waals surface area contributed by atoms with Gasteiger partial charge in [0.1, 0.15) is 11.6 Å². The summed E-state index contributed by atoms with van der Waals surface area (Å²) in [5, 5.41) is 9.74. The molecule has 0 radical (unpaired) electrons. The highest BCUT2D eigenvalue weighted by molar-refractivity contribution is 5.19. The van der Waals surface area contributed by atoms with Crippen LogP contribution in [0.5, 0.6) is 0 Å². The van der Waals surface area contributed by atoms with Crippen molar-refractivity contribution in [1.29, 1.82) is 0 Å². The molecule has 0 amide bonds. The van der Waals surface area contributed by atoms with Crippen molar-refractivity contribution in [2.24, 2.45) is 5.92 Å². The second kappa shape index (κ2) is 5.76. The lowest BCUT2D eigenvalue weighted by Crippen LogP contribution is -2.30. The molecule has 2 atom stereocenters. The quantitative estimate of drug-likeness (QED) is 0.893. The molecule has 1 fully saturated rings. The van der Waals surface area contributed by atoms with E-state index in [0.717, 1.165) is 19.3 Å². The van der Waals surface area contributed by atoms with Crippen molar-refractivity contribution in [2.45, 2.75) is 31.9 Å². The Balaban J connectivity index is 1.96. The van der Waals surface area contributed by atoms with E-state index in [0.29, 0.717) is 6.54 Å². The van der Waals surface area contributed by atoms with E-state index >= 15 is 0 Å². The molecule has 0 aliphatic heterocycles. The summed E-state index contributed by atoms with van der Waals surface area (Å²) in [7, 11) is 1.83. The molecule has 0 bridgehead atoms. The van der Waals surface area contributed by atoms with Crippen LogP contribution in [0.3, 0.4) is 0 Å². The summed E-state index contributed by atoms with van der Waals surface area (Å²) >= 11 is 0. The first kappa shape index (κ1) is 13.4. The summed E-state index contributed by atoms with van der Waals surface area (Å²) in [6.07, 6.45) is 2.60. The average Bonchev–Trinajstić information content (AvgIpc) is 2.70. The third kappa shape index (κ3) is 3.06. The van der Waals surface area contributed by atoms with E-state index in [9.17, 15) is 13.9 Å². The molecule has 2 nitrogen and oxygen atoms in total. The maximum Gasteiger partial charge on any atom is 0.130 e. The molecule has 1 aliphatic carbocycles. The number of halogens is 2. The molecule has 18 heavy (non-hydrogen) atoms. The predicted molar refractivity (Wildman–Crippen MR) is 66.0 cm³/mol. The predicted octanol–water partition coefficient (Wildman–Crippen LogP) is 2.56. The highest BCUT2D eigenvalue weighted by Gasteiger charge is 2.26. The fourth-order valence-corrected chi connectivity index (χ4v) is 2.65. The first-order valence-electron chi connectivity index (χ1n) is 6.37. The minimum absolute atomic E-state index is 0.104. The zero-order chi connectivity index (χ0) is 13.1. The van der Waals surface area contributed by atoms with E-state index < -0.39 is 11.6 Å².